The zero-order valence-electron chi connectivity index (χ0n) is 33.5. The van der Waals surface area contributed by atoms with Crippen LogP contribution in [0.15, 0.2) is 48.7 Å². The third kappa shape index (κ3) is 6.64. The van der Waals surface area contributed by atoms with Crippen molar-refractivity contribution in [2.24, 2.45) is 11.8 Å². The number of hydrogen-bond donors (Lipinski definition) is 3. The van der Waals surface area contributed by atoms with Crippen LogP contribution in [0, 0.1) is 11.8 Å². The number of hydrogen-bond acceptors (Lipinski definition) is 8. The number of benzene rings is 3. The number of methoxy groups -OCH3 is 1. The summed E-state index contributed by atoms with van der Waals surface area (Å²) < 4.78 is 17.0. The van der Waals surface area contributed by atoms with E-state index in [4.69, 9.17) is 24.2 Å². The molecular formula is C44H51N7O6. The Bertz CT molecular complexity index is 2390. The molecule has 57 heavy (non-hydrogen) atoms. The Kier molecular flexibility index (Phi) is 9.16. The Hall–Kier alpha value is -5.59. The quantitative estimate of drug-likeness (QED) is 0.155. The summed E-state index contributed by atoms with van der Waals surface area (Å²) in [5, 5.41) is 4.82. The Morgan fingerprint density at radius 2 is 1.81 bits per heavy atom. The second kappa shape index (κ2) is 14.1. The number of H-pyrrole nitrogens is 2. The van der Waals surface area contributed by atoms with E-state index in [1.54, 1.807) is 4.90 Å². The van der Waals surface area contributed by atoms with Crippen LogP contribution < -0.4 is 10.1 Å². The van der Waals surface area contributed by atoms with Crippen molar-refractivity contribution in [3.05, 3.63) is 65.9 Å². The normalized spacial score (nSPS) is 22.0. The second-order valence-corrected chi connectivity index (χ2v) is 17.4. The van der Waals surface area contributed by atoms with E-state index in [1.807, 2.05) is 45.7 Å². The molecule has 13 heteroatoms. The summed E-state index contributed by atoms with van der Waals surface area (Å²) in [7, 11) is 1.32. The number of rotatable bonds is 6. The molecule has 5 atom stereocenters. The molecule has 2 aromatic heterocycles. The van der Waals surface area contributed by atoms with Gasteiger partial charge in [-0.3, -0.25) is 9.69 Å². The van der Waals surface area contributed by atoms with Crippen molar-refractivity contribution in [2.75, 3.05) is 13.7 Å². The van der Waals surface area contributed by atoms with E-state index in [2.05, 4.69) is 57.7 Å². The number of carbonyl (C=O) groups is 3. The summed E-state index contributed by atoms with van der Waals surface area (Å²) in [6, 6.07) is 13.9. The lowest BCUT2D eigenvalue weighted by Crippen LogP contribution is -2.53. The second-order valence-electron chi connectivity index (χ2n) is 17.4. The molecule has 3 aliphatic heterocycles. The molecule has 0 radical (unpaired) electrons. The molecule has 3 N–H and O–H groups in total. The van der Waals surface area contributed by atoms with Gasteiger partial charge in [0.15, 0.2) is 0 Å². The number of imidazole rings is 2. The molecule has 5 aromatic rings. The van der Waals surface area contributed by atoms with Gasteiger partial charge in [-0.25, -0.2) is 19.6 Å². The van der Waals surface area contributed by atoms with Crippen molar-refractivity contribution >= 4 is 39.9 Å². The molecule has 298 valence electrons. The first-order chi connectivity index (χ1) is 27.4. The average Bonchev–Trinajstić information content (AvgIpc) is 4.02. The van der Waals surface area contributed by atoms with E-state index in [9.17, 15) is 14.4 Å². The summed E-state index contributed by atoms with van der Waals surface area (Å²) in [6.45, 7) is 10.6. The molecule has 3 amide bonds. The fourth-order valence-electron chi connectivity index (χ4n) is 9.58. The first-order valence-electron chi connectivity index (χ1n) is 20.3. The van der Waals surface area contributed by atoms with Gasteiger partial charge in [-0.2, -0.15) is 0 Å². The molecule has 2 unspecified atom stereocenters. The number of nitrogens with one attached hydrogen (secondary N) is 3. The third-order valence-corrected chi connectivity index (χ3v) is 12.3. The zero-order chi connectivity index (χ0) is 39.7. The number of aromatic amines is 2. The van der Waals surface area contributed by atoms with E-state index >= 15 is 0 Å². The maximum atomic E-state index is 14.3. The molecule has 9 rings (SSSR count). The van der Waals surface area contributed by atoms with Gasteiger partial charge in [0.2, 0.25) is 5.91 Å². The maximum absolute atomic E-state index is 14.3. The molecule has 13 nitrogen and oxygen atoms in total. The number of fused-ring (bicyclic) bond motifs is 7. The largest absolute Gasteiger partial charge is 0.488 e. The minimum atomic E-state index is -0.696. The van der Waals surface area contributed by atoms with Crippen molar-refractivity contribution < 1.29 is 28.6 Å². The molecular weight excluding hydrogens is 723 g/mol. The number of alkyl carbamates (subject to hydrolysis) is 1. The van der Waals surface area contributed by atoms with Crippen LogP contribution >= 0.6 is 0 Å². The summed E-state index contributed by atoms with van der Waals surface area (Å²) >= 11 is 0. The topological polar surface area (TPSA) is 155 Å². The van der Waals surface area contributed by atoms with E-state index in [-0.39, 0.29) is 36.0 Å². The van der Waals surface area contributed by atoms with Crippen molar-refractivity contribution in [1.82, 2.24) is 35.1 Å². The number of ether oxygens (including phenoxy) is 3. The molecule has 4 aliphatic rings. The summed E-state index contributed by atoms with van der Waals surface area (Å²) in [4.78, 5) is 60.2. The highest BCUT2D eigenvalue weighted by molar-refractivity contribution is 6.07. The van der Waals surface area contributed by atoms with Gasteiger partial charge in [0.05, 0.1) is 42.1 Å². The van der Waals surface area contributed by atoms with Gasteiger partial charge in [-0.05, 0) is 111 Å². The predicted molar refractivity (Wildman–Crippen MR) is 215 cm³/mol. The highest BCUT2D eigenvalue weighted by atomic mass is 16.6. The number of nitrogens with zero attached hydrogens (tertiary/aromatic N) is 4. The van der Waals surface area contributed by atoms with E-state index < -0.39 is 17.7 Å². The molecule has 0 spiro atoms. The summed E-state index contributed by atoms with van der Waals surface area (Å²) in [6.07, 6.45) is 6.59. The van der Waals surface area contributed by atoms with Crippen LogP contribution in [0.25, 0.3) is 44.2 Å². The van der Waals surface area contributed by atoms with Crippen LogP contribution in [0.1, 0.15) is 102 Å². The number of amides is 3. The maximum Gasteiger partial charge on any atom is 0.410 e. The number of likely N-dealkylation sites (tertiary alicyclic amines) is 2. The summed E-state index contributed by atoms with van der Waals surface area (Å²) in [5.74, 6) is 2.53. The molecule has 2 saturated heterocycles. The third-order valence-electron chi connectivity index (χ3n) is 12.3. The van der Waals surface area contributed by atoms with Crippen LogP contribution in [0.2, 0.25) is 0 Å². The van der Waals surface area contributed by atoms with Crippen molar-refractivity contribution in [2.45, 2.75) is 110 Å². The Labute approximate surface area is 331 Å². The lowest BCUT2D eigenvalue weighted by molar-refractivity contribution is -0.137. The number of carbonyl (C=O) groups excluding carboxylic acids is 3. The van der Waals surface area contributed by atoms with E-state index in [0.717, 1.165) is 106 Å². The highest BCUT2D eigenvalue weighted by Gasteiger charge is 2.49. The van der Waals surface area contributed by atoms with Crippen molar-refractivity contribution in [1.29, 1.82) is 0 Å². The van der Waals surface area contributed by atoms with Crippen LogP contribution in [-0.2, 0) is 20.9 Å². The Morgan fingerprint density at radius 3 is 2.60 bits per heavy atom. The van der Waals surface area contributed by atoms with Crippen molar-refractivity contribution in [3.63, 3.8) is 0 Å². The summed E-state index contributed by atoms with van der Waals surface area (Å²) in [5.41, 5.74) is 6.28. The van der Waals surface area contributed by atoms with Crippen molar-refractivity contribution in [3.8, 4) is 28.1 Å². The predicted octanol–water partition coefficient (Wildman–Crippen LogP) is 8.56. The van der Waals surface area contributed by atoms with Gasteiger partial charge in [-0.15, -0.1) is 0 Å². The SMILES string of the molecule is COC(=O)N[C@H](C(=O)N1C(c2nc3c(ccc4cc5c(cc43)OCc3cc(-c4cnc(C6CCCN6C(=O)OC(C)(C)C)[nH]4)ccc3-5)[nH]2)C[C@@H]2CCC[C@@H]21)C(C)C. The van der Waals surface area contributed by atoms with Crippen LogP contribution in [0.4, 0.5) is 9.59 Å². The van der Waals surface area contributed by atoms with E-state index in [0.29, 0.717) is 19.1 Å². The minimum absolute atomic E-state index is 0.0870. The van der Waals surface area contributed by atoms with Gasteiger partial charge in [0.1, 0.15) is 35.6 Å². The fourth-order valence-corrected chi connectivity index (χ4v) is 9.58. The Balaban J connectivity index is 0.993. The van der Waals surface area contributed by atoms with E-state index in [1.165, 1.54) is 7.11 Å². The molecule has 1 saturated carbocycles. The lowest BCUT2D eigenvalue weighted by Gasteiger charge is -2.33. The monoisotopic (exact) mass is 773 g/mol. The van der Waals surface area contributed by atoms with Crippen LogP contribution in [0.3, 0.4) is 0 Å². The Morgan fingerprint density at radius 1 is 0.965 bits per heavy atom. The highest BCUT2D eigenvalue weighted by Crippen LogP contribution is 2.48. The van der Waals surface area contributed by atoms with Crippen LogP contribution in [-0.4, -0.2) is 79.2 Å². The van der Waals surface area contributed by atoms with Crippen LogP contribution in [0.5, 0.6) is 5.75 Å². The average molecular weight is 774 g/mol. The molecule has 3 fully saturated rings. The smallest absolute Gasteiger partial charge is 0.410 e. The van der Waals surface area contributed by atoms with Gasteiger partial charge >= 0.3 is 12.2 Å². The fraction of sp³-hybridized carbons (Fsp3) is 0.477. The zero-order valence-corrected chi connectivity index (χ0v) is 33.5. The molecule has 0 bridgehead atoms. The van der Waals surface area contributed by atoms with Gasteiger partial charge < -0.3 is 34.4 Å². The first-order valence-corrected chi connectivity index (χ1v) is 20.3. The molecule has 1 aliphatic carbocycles. The first kappa shape index (κ1) is 37.0. The molecule has 3 aromatic carbocycles. The molecule has 5 heterocycles. The lowest BCUT2D eigenvalue weighted by atomic mass is 9.92. The minimum Gasteiger partial charge on any atom is -0.488 e. The van der Waals surface area contributed by atoms with Gasteiger partial charge in [0, 0.05) is 23.5 Å². The van der Waals surface area contributed by atoms with Gasteiger partial charge in [0.25, 0.3) is 0 Å². The standard InChI is InChI=1S/C44H51N7O6/c1-23(2)37(49-42(53)55-6)41(52)51-33-10-7-9-26(33)19-35(51)40-46-31-15-13-24-18-30-28-14-12-25(17-27(28)22-56-36(30)20-29(24)38(31)48-40)32-21-45-39(47-32)34-11-8-16-50(34)43(54)57-44(3,4)5/h12-15,17-18,20-21,23,26,33-35,37H,7-11,16,19,22H2,1-6H3,(H,45,47)(H,46,48)(H,49,53)/t26-,33-,34?,35?,37-/m0/s1. The number of aromatic nitrogens is 4. The van der Waals surface area contributed by atoms with Gasteiger partial charge in [-0.1, -0.05) is 38.5 Å².